The molecule has 18 heavy (non-hydrogen) atoms. The van der Waals surface area contributed by atoms with E-state index in [2.05, 4.69) is 22.2 Å². The highest BCUT2D eigenvalue weighted by atomic mass is 16.4. The van der Waals surface area contributed by atoms with E-state index in [0.29, 0.717) is 11.9 Å². The fraction of sp³-hybridized carbons (Fsp3) is 0.538. The molecule has 1 aromatic rings. The number of hydrogen-bond donors (Lipinski definition) is 2. The summed E-state index contributed by atoms with van der Waals surface area (Å²) >= 11 is 0. The third-order valence-electron chi connectivity index (χ3n) is 3.43. The number of aromatic nitrogens is 1. The van der Waals surface area contributed by atoms with Crippen LogP contribution in [-0.2, 0) is 0 Å². The Balaban J connectivity index is 2.14. The molecular formula is C13H19N3O2. The van der Waals surface area contributed by atoms with Gasteiger partial charge in [0.1, 0.15) is 11.4 Å². The summed E-state index contributed by atoms with van der Waals surface area (Å²) < 4.78 is 0. The van der Waals surface area contributed by atoms with Crippen molar-refractivity contribution in [1.29, 1.82) is 0 Å². The van der Waals surface area contributed by atoms with E-state index >= 15 is 0 Å². The quantitative estimate of drug-likeness (QED) is 0.851. The molecule has 0 aromatic carbocycles. The Morgan fingerprint density at radius 2 is 2.17 bits per heavy atom. The van der Waals surface area contributed by atoms with Crippen molar-refractivity contribution in [3.05, 3.63) is 23.4 Å². The standard InChI is InChI=1S/C13H19N3O2/c1-9-3-6-14-12(11(9)13(17)18)15-10-4-7-16(2)8-5-10/h3,6,10H,4-5,7-8H2,1-2H3,(H,14,15)(H,17,18). The SMILES string of the molecule is Cc1ccnc(NC2CCN(C)CC2)c1C(=O)O. The molecule has 2 N–H and O–H groups in total. The van der Waals surface area contributed by atoms with E-state index in [1.807, 2.05) is 0 Å². The van der Waals surface area contributed by atoms with Gasteiger partial charge in [0.25, 0.3) is 0 Å². The maximum atomic E-state index is 11.2. The highest BCUT2D eigenvalue weighted by molar-refractivity contribution is 5.94. The first kappa shape index (κ1) is 12.8. The van der Waals surface area contributed by atoms with Crippen molar-refractivity contribution in [2.24, 2.45) is 0 Å². The maximum Gasteiger partial charge on any atom is 0.339 e. The van der Waals surface area contributed by atoms with Crippen LogP contribution in [0.5, 0.6) is 0 Å². The summed E-state index contributed by atoms with van der Waals surface area (Å²) in [6.07, 6.45) is 3.69. The molecule has 1 aliphatic heterocycles. The van der Waals surface area contributed by atoms with Crippen molar-refractivity contribution in [3.8, 4) is 0 Å². The molecule has 1 aliphatic rings. The molecule has 0 unspecified atom stereocenters. The van der Waals surface area contributed by atoms with E-state index in [0.717, 1.165) is 31.5 Å². The van der Waals surface area contributed by atoms with Gasteiger partial charge in [0, 0.05) is 12.2 Å². The topological polar surface area (TPSA) is 65.5 Å². The molecule has 0 amide bonds. The second-order valence-electron chi connectivity index (χ2n) is 4.88. The van der Waals surface area contributed by atoms with Crippen LogP contribution in [0.15, 0.2) is 12.3 Å². The van der Waals surface area contributed by atoms with Crippen molar-refractivity contribution >= 4 is 11.8 Å². The number of piperidine rings is 1. The summed E-state index contributed by atoms with van der Waals surface area (Å²) in [6, 6.07) is 2.04. The van der Waals surface area contributed by atoms with Crippen molar-refractivity contribution in [2.75, 3.05) is 25.5 Å². The Morgan fingerprint density at radius 3 is 2.78 bits per heavy atom. The molecule has 0 radical (unpaired) electrons. The van der Waals surface area contributed by atoms with Gasteiger partial charge in [-0.25, -0.2) is 9.78 Å². The average Bonchev–Trinajstić information content (AvgIpc) is 2.32. The number of likely N-dealkylation sites (tertiary alicyclic amines) is 1. The Kier molecular flexibility index (Phi) is 3.81. The van der Waals surface area contributed by atoms with Crippen LogP contribution in [0.1, 0.15) is 28.8 Å². The molecule has 0 bridgehead atoms. The number of rotatable bonds is 3. The second-order valence-corrected chi connectivity index (χ2v) is 4.88. The highest BCUT2D eigenvalue weighted by Gasteiger charge is 2.20. The van der Waals surface area contributed by atoms with Crippen molar-refractivity contribution in [3.63, 3.8) is 0 Å². The normalized spacial score (nSPS) is 17.7. The van der Waals surface area contributed by atoms with Gasteiger partial charge >= 0.3 is 5.97 Å². The lowest BCUT2D eigenvalue weighted by molar-refractivity contribution is 0.0696. The lowest BCUT2D eigenvalue weighted by Gasteiger charge is -2.30. The summed E-state index contributed by atoms with van der Waals surface area (Å²) in [5, 5.41) is 12.5. The number of carboxylic acids is 1. The minimum atomic E-state index is -0.920. The Morgan fingerprint density at radius 1 is 1.50 bits per heavy atom. The van der Waals surface area contributed by atoms with E-state index in [-0.39, 0.29) is 5.56 Å². The summed E-state index contributed by atoms with van der Waals surface area (Å²) in [5.74, 6) is -0.423. The van der Waals surface area contributed by atoms with Gasteiger partial charge in [0.15, 0.2) is 0 Å². The maximum absolute atomic E-state index is 11.2. The molecule has 0 saturated carbocycles. The zero-order chi connectivity index (χ0) is 13.1. The predicted molar refractivity (Wildman–Crippen MR) is 70.1 cm³/mol. The Hall–Kier alpha value is -1.62. The molecule has 0 aliphatic carbocycles. The molecule has 2 heterocycles. The van der Waals surface area contributed by atoms with Crippen molar-refractivity contribution in [1.82, 2.24) is 9.88 Å². The van der Waals surface area contributed by atoms with E-state index in [4.69, 9.17) is 0 Å². The number of carboxylic acid groups (broad SMARTS) is 1. The summed E-state index contributed by atoms with van der Waals surface area (Å²) in [6.45, 7) is 3.86. The van der Waals surface area contributed by atoms with Gasteiger partial charge < -0.3 is 15.3 Å². The lowest BCUT2D eigenvalue weighted by atomic mass is 10.0. The van der Waals surface area contributed by atoms with Crippen LogP contribution in [0.3, 0.4) is 0 Å². The number of aryl methyl sites for hydroxylation is 1. The monoisotopic (exact) mass is 249 g/mol. The van der Waals surface area contributed by atoms with Crippen LogP contribution in [0.2, 0.25) is 0 Å². The van der Waals surface area contributed by atoms with Gasteiger partial charge in [-0.2, -0.15) is 0 Å². The van der Waals surface area contributed by atoms with Crippen LogP contribution in [0, 0.1) is 6.92 Å². The third-order valence-corrected chi connectivity index (χ3v) is 3.43. The minimum absolute atomic E-state index is 0.288. The van der Waals surface area contributed by atoms with Gasteiger partial charge in [-0.3, -0.25) is 0 Å². The molecule has 1 saturated heterocycles. The van der Waals surface area contributed by atoms with Crippen LogP contribution >= 0.6 is 0 Å². The van der Waals surface area contributed by atoms with E-state index in [9.17, 15) is 9.90 Å². The van der Waals surface area contributed by atoms with Gasteiger partial charge in [-0.05, 0) is 51.5 Å². The number of pyridine rings is 1. The van der Waals surface area contributed by atoms with Crippen LogP contribution in [0.4, 0.5) is 5.82 Å². The first-order valence-electron chi connectivity index (χ1n) is 6.22. The zero-order valence-electron chi connectivity index (χ0n) is 10.8. The number of nitrogens with one attached hydrogen (secondary N) is 1. The molecule has 98 valence electrons. The Labute approximate surface area is 107 Å². The largest absolute Gasteiger partial charge is 0.478 e. The van der Waals surface area contributed by atoms with E-state index in [1.165, 1.54) is 0 Å². The third kappa shape index (κ3) is 2.79. The summed E-state index contributed by atoms with van der Waals surface area (Å²) in [5.41, 5.74) is 1.03. The number of hydrogen-bond acceptors (Lipinski definition) is 4. The number of anilines is 1. The van der Waals surface area contributed by atoms with Crippen molar-refractivity contribution in [2.45, 2.75) is 25.8 Å². The molecule has 1 aromatic heterocycles. The summed E-state index contributed by atoms with van der Waals surface area (Å²) in [4.78, 5) is 17.7. The van der Waals surface area contributed by atoms with Gasteiger partial charge in [0.2, 0.25) is 0 Å². The number of aromatic carboxylic acids is 1. The molecule has 0 spiro atoms. The van der Waals surface area contributed by atoms with Gasteiger partial charge in [-0.1, -0.05) is 0 Å². The van der Waals surface area contributed by atoms with E-state index < -0.39 is 5.97 Å². The van der Waals surface area contributed by atoms with Crippen molar-refractivity contribution < 1.29 is 9.90 Å². The summed E-state index contributed by atoms with van der Waals surface area (Å²) in [7, 11) is 2.10. The van der Waals surface area contributed by atoms with Crippen LogP contribution in [-0.4, -0.2) is 47.1 Å². The van der Waals surface area contributed by atoms with Gasteiger partial charge in [-0.15, -0.1) is 0 Å². The number of nitrogens with zero attached hydrogens (tertiary/aromatic N) is 2. The van der Waals surface area contributed by atoms with Crippen LogP contribution < -0.4 is 5.32 Å². The second kappa shape index (κ2) is 5.35. The first-order chi connectivity index (χ1) is 8.58. The lowest BCUT2D eigenvalue weighted by Crippen LogP contribution is -2.37. The van der Waals surface area contributed by atoms with Gasteiger partial charge in [0.05, 0.1) is 0 Å². The molecule has 1 fully saturated rings. The molecule has 2 rings (SSSR count). The molecular weight excluding hydrogens is 230 g/mol. The molecule has 5 heteroatoms. The fourth-order valence-corrected chi connectivity index (χ4v) is 2.28. The fourth-order valence-electron chi connectivity index (χ4n) is 2.28. The number of carbonyl (C=O) groups is 1. The van der Waals surface area contributed by atoms with Crippen LogP contribution in [0.25, 0.3) is 0 Å². The average molecular weight is 249 g/mol. The zero-order valence-corrected chi connectivity index (χ0v) is 10.8. The first-order valence-corrected chi connectivity index (χ1v) is 6.22. The minimum Gasteiger partial charge on any atom is -0.478 e. The van der Waals surface area contributed by atoms with E-state index in [1.54, 1.807) is 19.2 Å². The predicted octanol–water partition coefficient (Wildman–Crippen LogP) is 1.59. The highest BCUT2D eigenvalue weighted by Crippen LogP contribution is 2.20. The molecule has 0 atom stereocenters. The smallest absolute Gasteiger partial charge is 0.339 e. The Bertz CT molecular complexity index is 440. The molecule has 5 nitrogen and oxygen atoms in total.